The smallest absolute Gasteiger partial charge is 0.294 e. The number of morpholine rings is 1. The Balaban J connectivity index is 1.57. The molecule has 1 aromatic carbocycles. The van der Waals surface area contributed by atoms with Crippen molar-refractivity contribution in [2.75, 3.05) is 36.1 Å². The van der Waals surface area contributed by atoms with Crippen molar-refractivity contribution in [3.05, 3.63) is 59.1 Å². The van der Waals surface area contributed by atoms with Gasteiger partial charge in [-0.15, -0.1) is 0 Å². The number of benzene rings is 1. The Morgan fingerprint density at radius 3 is 2.59 bits per heavy atom. The number of furan rings is 1. The quantitative estimate of drug-likeness (QED) is 0.418. The number of carbonyl (C=O) groups is 1. The van der Waals surface area contributed by atoms with Crippen LogP contribution in [0, 0.1) is 0 Å². The van der Waals surface area contributed by atoms with E-state index < -0.39 is 5.56 Å². The lowest BCUT2D eigenvalue weighted by Crippen LogP contribution is -2.41. The van der Waals surface area contributed by atoms with E-state index in [4.69, 9.17) is 9.15 Å². The fraction of sp³-hybridized carbons (Fsp3) is 0.333. The molecule has 4 aromatic rings. The summed E-state index contributed by atoms with van der Waals surface area (Å²) in [5.74, 6) is 0.288. The second-order valence-electron chi connectivity index (χ2n) is 8.26. The van der Waals surface area contributed by atoms with Crippen molar-refractivity contribution in [1.82, 2.24) is 14.8 Å². The lowest BCUT2D eigenvalue weighted by Gasteiger charge is -2.27. The van der Waals surface area contributed by atoms with Gasteiger partial charge in [0.15, 0.2) is 16.4 Å². The first-order valence-electron chi connectivity index (χ1n) is 11.2. The molecule has 34 heavy (non-hydrogen) atoms. The van der Waals surface area contributed by atoms with Gasteiger partial charge < -0.3 is 19.0 Å². The summed E-state index contributed by atoms with van der Waals surface area (Å²) in [4.78, 5) is 35.2. The van der Waals surface area contributed by atoms with Crippen LogP contribution in [0.15, 0.2) is 57.9 Å². The number of para-hydroxylation sites is 1. The minimum absolute atomic E-state index is 0.0916. The lowest BCUT2D eigenvalue weighted by molar-refractivity contribution is -0.119. The number of thiazole rings is 1. The van der Waals surface area contributed by atoms with Gasteiger partial charge in [-0.2, -0.15) is 5.10 Å². The van der Waals surface area contributed by atoms with Crippen LogP contribution in [-0.2, 0) is 16.1 Å². The fourth-order valence-corrected chi connectivity index (χ4v) is 5.14. The van der Waals surface area contributed by atoms with Crippen LogP contribution in [0.5, 0.6) is 0 Å². The summed E-state index contributed by atoms with van der Waals surface area (Å²) in [5.41, 5.74) is 1.16. The van der Waals surface area contributed by atoms with Crippen LogP contribution in [0.1, 0.15) is 13.8 Å². The predicted octanol–water partition coefficient (Wildman–Crippen LogP) is 3.39. The minimum Gasteiger partial charge on any atom is -0.463 e. The Hall–Kier alpha value is -3.50. The van der Waals surface area contributed by atoms with Gasteiger partial charge in [-0.25, -0.2) is 9.67 Å². The molecule has 1 aliphatic rings. The molecule has 0 N–H and O–H groups in total. The van der Waals surface area contributed by atoms with Crippen LogP contribution in [0.3, 0.4) is 0 Å². The van der Waals surface area contributed by atoms with Gasteiger partial charge in [0.05, 0.1) is 24.2 Å². The van der Waals surface area contributed by atoms with E-state index in [0.717, 1.165) is 10.8 Å². The molecule has 176 valence electrons. The highest BCUT2D eigenvalue weighted by Crippen LogP contribution is 2.34. The monoisotopic (exact) mass is 479 g/mol. The van der Waals surface area contributed by atoms with Crippen molar-refractivity contribution >= 4 is 38.3 Å². The number of hydrogen-bond donors (Lipinski definition) is 0. The zero-order valence-electron chi connectivity index (χ0n) is 19.0. The Morgan fingerprint density at radius 1 is 1.15 bits per heavy atom. The van der Waals surface area contributed by atoms with Crippen LogP contribution >= 0.6 is 11.3 Å². The molecular weight excluding hydrogens is 454 g/mol. The van der Waals surface area contributed by atoms with E-state index in [-0.39, 0.29) is 24.0 Å². The average Bonchev–Trinajstić information content (AvgIpc) is 3.53. The maximum absolute atomic E-state index is 13.4. The third-order valence-corrected chi connectivity index (χ3v) is 6.75. The minimum atomic E-state index is -0.397. The van der Waals surface area contributed by atoms with Crippen molar-refractivity contribution in [2.45, 2.75) is 26.4 Å². The molecule has 0 aliphatic carbocycles. The summed E-state index contributed by atoms with van der Waals surface area (Å²) in [6, 6.07) is 12.9. The summed E-state index contributed by atoms with van der Waals surface area (Å²) in [6.07, 6.45) is 1.56. The maximum Gasteiger partial charge on any atom is 0.294 e. The number of ether oxygens (including phenoxy) is 1. The van der Waals surface area contributed by atoms with Gasteiger partial charge in [-0.1, -0.05) is 29.5 Å². The topological polar surface area (TPSA) is 93.7 Å². The number of nitrogens with zero attached hydrogens (tertiary/aromatic N) is 5. The molecule has 1 fully saturated rings. The maximum atomic E-state index is 13.4. The van der Waals surface area contributed by atoms with E-state index in [1.165, 1.54) is 16.0 Å². The highest BCUT2D eigenvalue weighted by atomic mass is 32.1. The molecule has 10 heteroatoms. The molecule has 0 unspecified atom stereocenters. The van der Waals surface area contributed by atoms with Gasteiger partial charge in [0, 0.05) is 24.8 Å². The number of aromatic nitrogens is 3. The van der Waals surface area contributed by atoms with Crippen molar-refractivity contribution < 1.29 is 13.9 Å². The Kier molecular flexibility index (Phi) is 6.16. The largest absolute Gasteiger partial charge is 0.463 e. The fourth-order valence-electron chi connectivity index (χ4n) is 4.04. The van der Waals surface area contributed by atoms with Crippen molar-refractivity contribution in [2.24, 2.45) is 0 Å². The summed E-state index contributed by atoms with van der Waals surface area (Å²) < 4.78 is 12.9. The van der Waals surface area contributed by atoms with Gasteiger partial charge in [-0.05, 0) is 38.1 Å². The molecule has 1 saturated heterocycles. The van der Waals surface area contributed by atoms with Crippen LogP contribution in [0.25, 0.3) is 21.7 Å². The van der Waals surface area contributed by atoms with Gasteiger partial charge >= 0.3 is 0 Å². The van der Waals surface area contributed by atoms with Crippen molar-refractivity contribution in [1.29, 1.82) is 0 Å². The van der Waals surface area contributed by atoms with E-state index in [2.05, 4.69) is 15.0 Å². The molecule has 9 nitrogen and oxygen atoms in total. The van der Waals surface area contributed by atoms with Gasteiger partial charge in [-0.3, -0.25) is 9.59 Å². The van der Waals surface area contributed by atoms with Crippen LogP contribution in [0.2, 0.25) is 0 Å². The zero-order chi connectivity index (χ0) is 23.7. The normalized spacial score (nSPS) is 14.1. The first kappa shape index (κ1) is 22.3. The summed E-state index contributed by atoms with van der Waals surface area (Å²) in [6.45, 7) is 6.30. The number of rotatable bonds is 6. The number of carbonyl (C=O) groups excluding carboxylic acids is 1. The zero-order valence-corrected chi connectivity index (χ0v) is 19.8. The SMILES string of the molecule is CC(C)N(C(=O)Cn1nc(-c2ccco2)c2sc(N3CCOCC3)nc2c1=O)c1ccccc1. The molecule has 0 atom stereocenters. The second kappa shape index (κ2) is 9.40. The molecule has 0 radical (unpaired) electrons. The number of anilines is 2. The first-order chi connectivity index (χ1) is 16.5. The molecule has 1 aliphatic heterocycles. The Bertz CT molecular complexity index is 1340. The van der Waals surface area contributed by atoms with Crippen molar-refractivity contribution in [3.63, 3.8) is 0 Å². The first-order valence-corrected chi connectivity index (χ1v) is 12.0. The molecule has 0 spiro atoms. The van der Waals surface area contributed by atoms with Crippen LogP contribution in [0.4, 0.5) is 10.8 Å². The Morgan fingerprint density at radius 2 is 1.91 bits per heavy atom. The summed E-state index contributed by atoms with van der Waals surface area (Å²) in [7, 11) is 0. The molecule has 5 rings (SSSR count). The van der Waals surface area contributed by atoms with E-state index >= 15 is 0 Å². The van der Waals surface area contributed by atoms with Gasteiger partial charge in [0.1, 0.15) is 12.2 Å². The second-order valence-corrected chi connectivity index (χ2v) is 9.23. The lowest BCUT2D eigenvalue weighted by atomic mass is 10.2. The third-order valence-electron chi connectivity index (χ3n) is 5.63. The van der Waals surface area contributed by atoms with E-state index in [0.29, 0.717) is 42.5 Å². The summed E-state index contributed by atoms with van der Waals surface area (Å²) in [5, 5.41) is 5.31. The Labute approximate surface area is 200 Å². The van der Waals surface area contributed by atoms with Crippen LogP contribution in [-0.4, -0.2) is 53.0 Å². The molecule has 3 aromatic heterocycles. The van der Waals surface area contributed by atoms with Crippen LogP contribution < -0.4 is 15.4 Å². The number of fused-ring (bicyclic) bond motifs is 1. The van der Waals surface area contributed by atoms with Gasteiger partial charge in [0.25, 0.3) is 5.56 Å². The number of amides is 1. The van der Waals surface area contributed by atoms with Crippen molar-refractivity contribution in [3.8, 4) is 11.5 Å². The molecule has 0 bridgehead atoms. The molecule has 1 amide bonds. The molecule has 0 saturated carbocycles. The predicted molar refractivity (Wildman–Crippen MR) is 131 cm³/mol. The standard InChI is InChI=1S/C24H25N5O4S/c1-16(2)29(17-7-4-3-5-8-17)19(30)15-28-23(31)21-22(20(26-28)18-9-6-12-33-18)34-24(25-21)27-10-13-32-14-11-27/h3-9,12,16H,10-11,13-15H2,1-2H3. The average molecular weight is 480 g/mol. The van der Waals surface area contributed by atoms with E-state index in [1.807, 2.05) is 44.2 Å². The summed E-state index contributed by atoms with van der Waals surface area (Å²) >= 11 is 1.41. The van der Waals surface area contributed by atoms with E-state index in [1.54, 1.807) is 23.3 Å². The highest BCUT2D eigenvalue weighted by Gasteiger charge is 2.25. The van der Waals surface area contributed by atoms with E-state index in [9.17, 15) is 9.59 Å². The third kappa shape index (κ3) is 4.22. The molecular formula is C24H25N5O4S. The number of hydrogen-bond acceptors (Lipinski definition) is 8. The van der Waals surface area contributed by atoms with Gasteiger partial charge in [0.2, 0.25) is 5.91 Å². The highest BCUT2D eigenvalue weighted by molar-refractivity contribution is 7.22. The molecule has 4 heterocycles.